The molecule has 0 atom stereocenters. The minimum Gasteiger partial charge on any atom is -0.497 e. The third-order valence-corrected chi connectivity index (χ3v) is 5.10. The molecule has 0 aliphatic heterocycles. The van der Waals surface area contributed by atoms with Crippen LogP contribution in [0.1, 0.15) is 21.5 Å². The van der Waals surface area contributed by atoms with Gasteiger partial charge in [0.05, 0.1) is 37.2 Å². The Kier molecular flexibility index (Phi) is 6.12. The van der Waals surface area contributed by atoms with Crippen LogP contribution in [-0.2, 0) is 0 Å². The molecule has 0 radical (unpaired) electrons. The molecular weight excluding hydrogens is 402 g/mol. The number of carbonyl (C=O) groups is 1. The van der Waals surface area contributed by atoms with Crippen molar-refractivity contribution in [3.05, 3.63) is 89.5 Å². The van der Waals surface area contributed by atoms with Gasteiger partial charge in [-0.05, 0) is 42.8 Å². The number of aryl methyl sites for hydroxylation is 1. The average molecular weight is 425 g/mol. The van der Waals surface area contributed by atoms with Crippen LogP contribution in [0, 0.1) is 6.92 Å². The maximum atomic E-state index is 13.1. The number of rotatable bonds is 6. The van der Waals surface area contributed by atoms with Crippen molar-refractivity contribution in [1.82, 2.24) is 10.4 Å². The molecule has 160 valence electrons. The van der Waals surface area contributed by atoms with Gasteiger partial charge in [0, 0.05) is 10.9 Å². The fourth-order valence-electron chi connectivity index (χ4n) is 3.39. The summed E-state index contributed by atoms with van der Waals surface area (Å²) in [5, 5.41) is 4.87. The predicted molar refractivity (Wildman–Crippen MR) is 127 cm³/mol. The average Bonchev–Trinajstić information content (AvgIpc) is 2.84. The second kappa shape index (κ2) is 9.31. The van der Waals surface area contributed by atoms with Gasteiger partial charge in [-0.15, -0.1) is 0 Å². The highest BCUT2D eigenvalue weighted by molar-refractivity contribution is 6.07. The fourth-order valence-corrected chi connectivity index (χ4v) is 3.39. The number of para-hydroxylation sites is 1. The first-order valence-corrected chi connectivity index (χ1v) is 10.1. The molecule has 6 nitrogen and oxygen atoms in total. The molecule has 1 amide bonds. The van der Waals surface area contributed by atoms with Crippen molar-refractivity contribution in [2.75, 3.05) is 14.2 Å². The molecule has 0 spiro atoms. The lowest BCUT2D eigenvalue weighted by atomic mass is 10.0. The van der Waals surface area contributed by atoms with E-state index in [1.807, 2.05) is 73.7 Å². The zero-order valence-corrected chi connectivity index (χ0v) is 18.1. The van der Waals surface area contributed by atoms with Crippen LogP contribution in [0.3, 0.4) is 0 Å². The SMILES string of the molecule is COc1ccc(OC)c(-c2cc(C(=O)N/N=C\c3ccc(C)cc3)c3ccccc3n2)c1. The van der Waals surface area contributed by atoms with E-state index in [4.69, 9.17) is 14.5 Å². The van der Waals surface area contributed by atoms with Crippen molar-refractivity contribution >= 4 is 23.0 Å². The van der Waals surface area contributed by atoms with Crippen LogP contribution >= 0.6 is 0 Å². The van der Waals surface area contributed by atoms with Crippen molar-refractivity contribution in [1.29, 1.82) is 0 Å². The standard InChI is InChI=1S/C26H23N3O3/c1-17-8-10-18(11-9-17)16-27-29-26(30)21-15-24(28-23-7-5-4-6-20(21)23)22-14-19(31-2)12-13-25(22)32-3/h4-16H,1-3H3,(H,29,30)/b27-16-. The number of ether oxygens (including phenoxy) is 2. The number of aromatic nitrogens is 1. The van der Waals surface area contributed by atoms with Gasteiger partial charge in [-0.2, -0.15) is 5.10 Å². The molecule has 1 aromatic heterocycles. The van der Waals surface area contributed by atoms with Gasteiger partial charge in [-0.25, -0.2) is 10.4 Å². The predicted octanol–water partition coefficient (Wildman–Crippen LogP) is 4.99. The van der Waals surface area contributed by atoms with Crippen molar-refractivity contribution in [3.8, 4) is 22.8 Å². The van der Waals surface area contributed by atoms with Gasteiger partial charge in [0.1, 0.15) is 11.5 Å². The highest BCUT2D eigenvalue weighted by Crippen LogP contribution is 2.34. The van der Waals surface area contributed by atoms with Crippen molar-refractivity contribution in [2.45, 2.75) is 6.92 Å². The van der Waals surface area contributed by atoms with E-state index < -0.39 is 0 Å². The van der Waals surface area contributed by atoms with E-state index in [1.54, 1.807) is 26.5 Å². The third kappa shape index (κ3) is 4.44. The Hall–Kier alpha value is -4.19. The molecule has 0 bridgehead atoms. The highest BCUT2D eigenvalue weighted by atomic mass is 16.5. The lowest BCUT2D eigenvalue weighted by Crippen LogP contribution is -2.18. The summed E-state index contributed by atoms with van der Waals surface area (Å²) < 4.78 is 10.9. The molecule has 1 heterocycles. The normalized spacial score (nSPS) is 11.0. The largest absolute Gasteiger partial charge is 0.497 e. The zero-order chi connectivity index (χ0) is 22.5. The van der Waals surface area contributed by atoms with Gasteiger partial charge < -0.3 is 9.47 Å². The molecule has 0 saturated heterocycles. The molecule has 4 rings (SSSR count). The van der Waals surface area contributed by atoms with E-state index in [9.17, 15) is 4.79 Å². The van der Waals surface area contributed by atoms with Crippen molar-refractivity contribution in [2.24, 2.45) is 5.10 Å². The smallest absolute Gasteiger partial charge is 0.272 e. The Morgan fingerprint density at radius 1 is 0.969 bits per heavy atom. The van der Waals surface area contributed by atoms with Crippen LogP contribution in [0.5, 0.6) is 11.5 Å². The van der Waals surface area contributed by atoms with Crippen molar-refractivity contribution < 1.29 is 14.3 Å². The number of fused-ring (bicyclic) bond motifs is 1. The Balaban J connectivity index is 1.73. The number of methoxy groups -OCH3 is 2. The molecule has 32 heavy (non-hydrogen) atoms. The third-order valence-electron chi connectivity index (χ3n) is 5.10. The van der Waals surface area contributed by atoms with E-state index in [0.717, 1.165) is 22.1 Å². The van der Waals surface area contributed by atoms with Crippen LogP contribution in [-0.4, -0.2) is 31.3 Å². The molecule has 3 aromatic carbocycles. The van der Waals surface area contributed by atoms with Gasteiger partial charge in [-0.1, -0.05) is 48.0 Å². The Morgan fingerprint density at radius 3 is 2.50 bits per heavy atom. The molecular formula is C26H23N3O3. The molecule has 0 unspecified atom stereocenters. The number of nitrogens with zero attached hydrogens (tertiary/aromatic N) is 2. The Labute approximate surface area is 186 Å². The maximum absolute atomic E-state index is 13.1. The second-order valence-electron chi connectivity index (χ2n) is 7.25. The van der Waals surface area contributed by atoms with Gasteiger partial charge >= 0.3 is 0 Å². The van der Waals surface area contributed by atoms with E-state index in [0.29, 0.717) is 28.3 Å². The molecule has 0 saturated carbocycles. The quantitative estimate of drug-likeness (QED) is 0.349. The molecule has 0 fully saturated rings. The summed E-state index contributed by atoms with van der Waals surface area (Å²) in [7, 11) is 3.20. The number of hydrazone groups is 1. The van der Waals surface area contributed by atoms with Crippen LogP contribution < -0.4 is 14.9 Å². The van der Waals surface area contributed by atoms with Crippen LogP contribution in [0.4, 0.5) is 0 Å². The molecule has 0 aliphatic rings. The van der Waals surface area contributed by atoms with E-state index >= 15 is 0 Å². The van der Waals surface area contributed by atoms with E-state index in [1.165, 1.54) is 0 Å². The first-order chi connectivity index (χ1) is 15.6. The van der Waals surface area contributed by atoms with Gasteiger partial charge in [0.25, 0.3) is 5.91 Å². The summed E-state index contributed by atoms with van der Waals surface area (Å²) in [6.07, 6.45) is 1.62. The molecule has 1 N–H and O–H groups in total. The number of amides is 1. The number of hydrogen-bond acceptors (Lipinski definition) is 5. The van der Waals surface area contributed by atoms with Gasteiger partial charge in [-0.3, -0.25) is 4.79 Å². The summed E-state index contributed by atoms with van der Waals surface area (Å²) in [5.74, 6) is 0.983. The van der Waals surface area contributed by atoms with Gasteiger partial charge in [0.15, 0.2) is 0 Å². The molecule has 0 aliphatic carbocycles. The topological polar surface area (TPSA) is 72.8 Å². The fraction of sp³-hybridized carbons (Fsp3) is 0.115. The van der Waals surface area contributed by atoms with E-state index in [2.05, 4.69) is 10.5 Å². The van der Waals surface area contributed by atoms with Crippen LogP contribution in [0.2, 0.25) is 0 Å². The lowest BCUT2D eigenvalue weighted by Gasteiger charge is -2.13. The zero-order valence-electron chi connectivity index (χ0n) is 18.1. The van der Waals surface area contributed by atoms with Crippen molar-refractivity contribution in [3.63, 3.8) is 0 Å². The second-order valence-corrected chi connectivity index (χ2v) is 7.25. The van der Waals surface area contributed by atoms with Gasteiger partial charge in [0.2, 0.25) is 0 Å². The first-order valence-electron chi connectivity index (χ1n) is 10.1. The Morgan fingerprint density at radius 2 is 1.75 bits per heavy atom. The summed E-state index contributed by atoms with van der Waals surface area (Å²) >= 11 is 0. The summed E-state index contributed by atoms with van der Waals surface area (Å²) in [4.78, 5) is 17.8. The maximum Gasteiger partial charge on any atom is 0.272 e. The lowest BCUT2D eigenvalue weighted by molar-refractivity contribution is 0.0956. The summed E-state index contributed by atoms with van der Waals surface area (Å²) in [6.45, 7) is 2.02. The molecule has 6 heteroatoms. The minimum atomic E-state index is -0.324. The number of nitrogens with one attached hydrogen (secondary N) is 1. The van der Waals surface area contributed by atoms with Crippen LogP contribution in [0.15, 0.2) is 77.9 Å². The first kappa shape index (κ1) is 21.1. The monoisotopic (exact) mass is 425 g/mol. The number of carbonyl (C=O) groups excluding carboxylic acids is 1. The summed E-state index contributed by atoms with van der Waals surface area (Å²) in [5.41, 5.74) is 7.19. The highest BCUT2D eigenvalue weighted by Gasteiger charge is 2.16. The minimum absolute atomic E-state index is 0.324. The Bertz CT molecular complexity index is 1300. The van der Waals surface area contributed by atoms with Crippen LogP contribution in [0.25, 0.3) is 22.2 Å². The number of hydrogen-bond donors (Lipinski definition) is 1. The molecule has 4 aromatic rings. The number of pyridine rings is 1. The summed E-state index contributed by atoms with van der Waals surface area (Å²) in [6, 6.07) is 22.6. The number of benzene rings is 3. The van der Waals surface area contributed by atoms with E-state index in [-0.39, 0.29) is 5.91 Å².